The van der Waals surface area contributed by atoms with Crippen LogP contribution in [0.2, 0.25) is 5.02 Å². The van der Waals surface area contributed by atoms with E-state index in [1.54, 1.807) is 12.1 Å². The Morgan fingerprint density at radius 1 is 1.29 bits per heavy atom. The number of carbonyl (C=O) groups excluding carboxylic acids is 1. The molecular weight excluding hydrogens is 286 g/mol. The number of hydrogen-bond donors (Lipinski definition) is 1. The Balaban J connectivity index is 1.93. The van der Waals surface area contributed by atoms with Crippen LogP contribution >= 0.6 is 11.6 Å². The molecule has 0 saturated heterocycles. The Morgan fingerprint density at radius 3 is 2.57 bits per heavy atom. The third-order valence-electron chi connectivity index (χ3n) is 3.97. The quantitative estimate of drug-likeness (QED) is 0.822. The molecule has 21 heavy (non-hydrogen) atoms. The number of ether oxygens (including phenoxy) is 1. The summed E-state index contributed by atoms with van der Waals surface area (Å²) in [6.07, 6.45) is 7.26. The highest BCUT2D eigenvalue weighted by molar-refractivity contribution is 6.32. The van der Waals surface area contributed by atoms with E-state index < -0.39 is 6.10 Å². The second kappa shape index (κ2) is 8.28. The Hall–Kier alpha value is -1.22. The van der Waals surface area contributed by atoms with Crippen LogP contribution in [0.3, 0.4) is 0 Å². The standard InChI is InChI=1S/C17H24ClNO2/c1-2-15(21-16-12-8-7-11-14(16)18)17(20)19-13-9-5-3-4-6-10-13/h7-8,11-13,15H,2-6,9-10H2,1H3,(H,19,20)/t15-/m1/s1. The summed E-state index contributed by atoms with van der Waals surface area (Å²) in [6, 6.07) is 7.57. The van der Waals surface area contributed by atoms with E-state index in [0.717, 1.165) is 12.8 Å². The fourth-order valence-electron chi connectivity index (χ4n) is 2.73. The zero-order valence-electron chi connectivity index (χ0n) is 12.6. The van der Waals surface area contributed by atoms with Crippen LogP contribution < -0.4 is 10.1 Å². The first kappa shape index (κ1) is 16.2. The molecule has 116 valence electrons. The van der Waals surface area contributed by atoms with E-state index in [0.29, 0.717) is 23.2 Å². The molecule has 1 aromatic carbocycles. The fourth-order valence-corrected chi connectivity index (χ4v) is 2.91. The van der Waals surface area contributed by atoms with E-state index in [1.165, 1.54) is 25.7 Å². The fraction of sp³-hybridized carbons (Fsp3) is 0.588. The van der Waals surface area contributed by atoms with Crippen molar-refractivity contribution >= 4 is 17.5 Å². The predicted molar refractivity (Wildman–Crippen MR) is 85.8 cm³/mol. The number of para-hydroxylation sites is 1. The summed E-state index contributed by atoms with van der Waals surface area (Å²) in [4.78, 5) is 12.4. The van der Waals surface area contributed by atoms with Crippen LogP contribution in [0.4, 0.5) is 0 Å². The lowest BCUT2D eigenvalue weighted by molar-refractivity contribution is -0.128. The van der Waals surface area contributed by atoms with Crippen molar-refractivity contribution in [1.82, 2.24) is 5.32 Å². The van der Waals surface area contributed by atoms with Gasteiger partial charge >= 0.3 is 0 Å². The molecule has 3 nitrogen and oxygen atoms in total. The van der Waals surface area contributed by atoms with Crippen LogP contribution in [0.1, 0.15) is 51.9 Å². The average molecular weight is 310 g/mol. The molecule has 0 aromatic heterocycles. The van der Waals surface area contributed by atoms with E-state index >= 15 is 0 Å². The lowest BCUT2D eigenvalue weighted by Crippen LogP contribution is -2.43. The van der Waals surface area contributed by atoms with Crippen LogP contribution in [0.25, 0.3) is 0 Å². The SMILES string of the molecule is CC[C@@H](Oc1ccccc1Cl)C(=O)NC1CCCCCC1. The molecule has 1 aromatic rings. The van der Waals surface area contributed by atoms with Gasteiger partial charge in [0.2, 0.25) is 0 Å². The molecule has 4 heteroatoms. The van der Waals surface area contributed by atoms with Crippen LogP contribution in [0.5, 0.6) is 5.75 Å². The molecule has 1 fully saturated rings. The van der Waals surface area contributed by atoms with E-state index in [-0.39, 0.29) is 5.91 Å². The highest BCUT2D eigenvalue weighted by Crippen LogP contribution is 2.25. The van der Waals surface area contributed by atoms with Crippen molar-refractivity contribution in [3.63, 3.8) is 0 Å². The molecule has 1 N–H and O–H groups in total. The Bertz CT molecular complexity index is 456. The van der Waals surface area contributed by atoms with Gasteiger partial charge in [-0.1, -0.05) is 56.3 Å². The number of carbonyl (C=O) groups is 1. The Labute approximate surface area is 132 Å². The summed E-state index contributed by atoms with van der Waals surface area (Å²) in [5, 5.41) is 3.68. The van der Waals surface area contributed by atoms with Crippen molar-refractivity contribution in [3.8, 4) is 5.75 Å². The molecule has 0 spiro atoms. The smallest absolute Gasteiger partial charge is 0.261 e. The summed E-state index contributed by atoms with van der Waals surface area (Å²) in [7, 11) is 0. The number of amides is 1. The lowest BCUT2D eigenvalue weighted by Gasteiger charge is -2.22. The predicted octanol–water partition coefficient (Wildman–Crippen LogP) is 4.34. The van der Waals surface area contributed by atoms with Gasteiger partial charge in [-0.15, -0.1) is 0 Å². The minimum Gasteiger partial charge on any atom is -0.479 e. The monoisotopic (exact) mass is 309 g/mol. The molecule has 1 atom stereocenters. The van der Waals surface area contributed by atoms with Crippen LogP contribution in [-0.2, 0) is 4.79 Å². The number of hydrogen-bond acceptors (Lipinski definition) is 2. The second-order valence-corrected chi connectivity index (χ2v) is 6.05. The third kappa shape index (κ3) is 4.92. The molecule has 1 aliphatic carbocycles. The Kier molecular flexibility index (Phi) is 6.37. The van der Waals surface area contributed by atoms with Crippen molar-refractivity contribution < 1.29 is 9.53 Å². The van der Waals surface area contributed by atoms with Crippen LogP contribution in [-0.4, -0.2) is 18.1 Å². The van der Waals surface area contributed by atoms with Crippen LogP contribution in [0.15, 0.2) is 24.3 Å². The molecule has 0 bridgehead atoms. The van der Waals surface area contributed by atoms with E-state index in [1.807, 2.05) is 19.1 Å². The van der Waals surface area contributed by atoms with Gasteiger partial charge in [-0.25, -0.2) is 0 Å². The Morgan fingerprint density at radius 2 is 1.95 bits per heavy atom. The minimum atomic E-state index is -0.479. The van der Waals surface area contributed by atoms with Gasteiger partial charge in [0, 0.05) is 6.04 Å². The molecule has 1 amide bonds. The van der Waals surface area contributed by atoms with E-state index in [9.17, 15) is 4.79 Å². The number of benzene rings is 1. The number of nitrogens with one attached hydrogen (secondary N) is 1. The normalized spacial score (nSPS) is 17.8. The van der Waals surface area contributed by atoms with Gasteiger partial charge in [0.15, 0.2) is 6.10 Å². The van der Waals surface area contributed by atoms with Crippen molar-refractivity contribution in [1.29, 1.82) is 0 Å². The summed E-state index contributed by atoms with van der Waals surface area (Å²) in [5.74, 6) is 0.548. The maximum atomic E-state index is 12.4. The summed E-state index contributed by atoms with van der Waals surface area (Å²) >= 11 is 6.09. The maximum Gasteiger partial charge on any atom is 0.261 e. The lowest BCUT2D eigenvalue weighted by atomic mass is 10.1. The minimum absolute atomic E-state index is 0.0238. The first-order valence-electron chi connectivity index (χ1n) is 7.92. The van der Waals surface area contributed by atoms with Gasteiger partial charge in [0.25, 0.3) is 5.91 Å². The number of rotatable bonds is 5. The van der Waals surface area contributed by atoms with E-state index in [2.05, 4.69) is 5.32 Å². The van der Waals surface area contributed by atoms with Gasteiger partial charge in [-0.2, -0.15) is 0 Å². The first-order chi connectivity index (χ1) is 10.2. The van der Waals surface area contributed by atoms with Crippen molar-refractivity contribution in [2.45, 2.75) is 64.0 Å². The largest absolute Gasteiger partial charge is 0.479 e. The highest BCUT2D eigenvalue weighted by Gasteiger charge is 2.22. The van der Waals surface area contributed by atoms with E-state index in [4.69, 9.17) is 16.3 Å². The van der Waals surface area contributed by atoms with Crippen LogP contribution in [0, 0.1) is 0 Å². The maximum absolute atomic E-state index is 12.4. The molecule has 0 heterocycles. The first-order valence-corrected chi connectivity index (χ1v) is 8.30. The molecule has 0 aliphatic heterocycles. The molecule has 1 saturated carbocycles. The molecule has 0 radical (unpaired) electrons. The zero-order chi connectivity index (χ0) is 15.1. The highest BCUT2D eigenvalue weighted by atomic mass is 35.5. The van der Waals surface area contributed by atoms with Gasteiger partial charge in [-0.05, 0) is 31.4 Å². The summed E-state index contributed by atoms with van der Waals surface area (Å²) < 4.78 is 5.79. The second-order valence-electron chi connectivity index (χ2n) is 5.64. The average Bonchev–Trinajstić information content (AvgIpc) is 2.75. The third-order valence-corrected chi connectivity index (χ3v) is 4.28. The van der Waals surface area contributed by atoms with Gasteiger partial charge in [-0.3, -0.25) is 4.79 Å². The zero-order valence-corrected chi connectivity index (χ0v) is 13.4. The van der Waals surface area contributed by atoms with Gasteiger partial charge in [0.05, 0.1) is 5.02 Å². The van der Waals surface area contributed by atoms with Crippen molar-refractivity contribution in [3.05, 3.63) is 29.3 Å². The summed E-state index contributed by atoms with van der Waals surface area (Å²) in [6.45, 7) is 1.95. The van der Waals surface area contributed by atoms with Crippen molar-refractivity contribution in [2.75, 3.05) is 0 Å². The van der Waals surface area contributed by atoms with Gasteiger partial charge in [0.1, 0.15) is 5.75 Å². The number of halogens is 1. The summed E-state index contributed by atoms with van der Waals surface area (Å²) in [5.41, 5.74) is 0. The topological polar surface area (TPSA) is 38.3 Å². The molecule has 1 aliphatic rings. The van der Waals surface area contributed by atoms with Crippen molar-refractivity contribution in [2.24, 2.45) is 0 Å². The molecule has 0 unspecified atom stereocenters. The molecule has 2 rings (SSSR count). The van der Waals surface area contributed by atoms with Gasteiger partial charge < -0.3 is 10.1 Å². The molecular formula is C17H24ClNO2.